The summed E-state index contributed by atoms with van der Waals surface area (Å²) in [6, 6.07) is 16.3. The van der Waals surface area contributed by atoms with Crippen molar-refractivity contribution in [2.24, 2.45) is 10.7 Å². The average molecular weight is 300 g/mol. The number of aryl methyl sites for hydroxylation is 1. The molecule has 2 aromatic rings. The van der Waals surface area contributed by atoms with Gasteiger partial charge in [-0.2, -0.15) is 0 Å². The van der Waals surface area contributed by atoms with Gasteiger partial charge in [-0.1, -0.05) is 41.4 Å². The maximum Gasteiger partial charge on any atom is 0.193 e. The number of halogens is 1. The van der Waals surface area contributed by atoms with Crippen molar-refractivity contribution in [3.63, 3.8) is 0 Å². The standard InChI is InChI=1S/C17H18ClN3/c1-11-5-7-14(8-6-11)20-17(19)21-16-10-15(16)12-3-2-4-13(18)9-12/h2-9,15-16H,10H2,1H3,(H3,19,20,21). The molecule has 2 aromatic carbocycles. The van der Waals surface area contributed by atoms with Crippen LogP contribution in [0.25, 0.3) is 0 Å². The smallest absolute Gasteiger partial charge is 0.193 e. The first kappa shape index (κ1) is 14.0. The molecule has 0 aromatic heterocycles. The molecular weight excluding hydrogens is 282 g/mol. The summed E-state index contributed by atoms with van der Waals surface area (Å²) in [4.78, 5) is 4.53. The van der Waals surface area contributed by atoms with Crippen LogP contribution in [0.5, 0.6) is 0 Å². The molecule has 1 saturated carbocycles. The molecule has 1 fully saturated rings. The van der Waals surface area contributed by atoms with E-state index in [2.05, 4.69) is 23.3 Å². The number of aliphatic imine (C=N–C) groups is 1. The molecule has 21 heavy (non-hydrogen) atoms. The summed E-state index contributed by atoms with van der Waals surface area (Å²) in [6.45, 7) is 2.06. The summed E-state index contributed by atoms with van der Waals surface area (Å²) in [6.07, 6.45) is 1.02. The van der Waals surface area contributed by atoms with Crippen molar-refractivity contribution in [2.45, 2.75) is 25.3 Å². The van der Waals surface area contributed by atoms with Crippen LogP contribution in [0.15, 0.2) is 53.5 Å². The van der Waals surface area contributed by atoms with Gasteiger partial charge in [-0.25, -0.2) is 4.99 Å². The van der Waals surface area contributed by atoms with Crippen LogP contribution < -0.4 is 11.1 Å². The minimum atomic E-state index is 0.251. The Morgan fingerprint density at radius 1 is 1.24 bits per heavy atom. The molecule has 2 atom stereocenters. The molecule has 2 unspecified atom stereocenters. The van der Waals surface area contributed by atoms with Crippen LogP contribution in [0.2, 0.25) is 5.02 Å². The monoisotopic (exact) mass is 299 g/mol. The quantitative estimate of drug-likeness (QED) is 0.666. The fraction of sp³-hybridized carbons (Fsp3) is 0.235. The lowest BCUT2D eigenvalue weighted by atomic mass is 10.1. The maximum absolute atomic E-state index is 6.02. The van der Waals surface area contributed by atoms with E-state index in [9.17, 15) is 0 Å². The number of anilines is 1. The highest BCUT2D eigenvalue weighted by atomic mass is 35.5. The Balaban J connectivity index is 1.63. The number of hydrogen-bond acceptors (Lipinski definition) is 1. The molecule has 0 saturated heterocycles. The van der Waals surface area contributed by atoms with E-state index in [-0.39, 0.29) is 6.04 Å². The fourth-order valence-electron chi connectivity index (χ4n) is 2.42. The fourth-order valence-corrected chi connectivity index (χ4v) is 2.61. The zero-order chi connectivity index (χ0) is 14.8. The predicted octanol–water partition coefficient (Wildman–Crippen LogP) is 3.93. The van der Waals surface area contributed by atoms with Gasteiger partial charge in [0.05, 0.1) is 6.04 Å². The van der Waals surface area contributed by atoms with Crippen LogP contribution in [0, 0.1) is 6.92 Å². The molecule has 0 amide bonds. The van der Waals surface area contributed by atoms with Crippen molar-refractivity contribution in [3.8, 4) is 0 Å². The van der Waals surface area contributed by atoms with Gasteiger partial charge in [0.1, 0.15) is 0 Å². The van der Waals surface area contributed by atoms with E-state index >= 15 is 0 Å². The largest absolute Gasteiger partial charge is 0.370 e. The third-order valence-corrected chi connectivity index (χ3v) is 3.90. The number of nitrogens with two attached hydrogens (primary N) is 1. The van der Waals surface area contributed by atoms with Gasteiger partial charge in [0.2, 0.25) is 0 Å². The molecule has 108 valence electrons. The van der Waals surface area contributed by atoms with E-state index in [0.717, 1.165) is 17.1 Å². The van der Waals surface area contributed by atoms with Crippen molar-refractivity contribution in [3.05, 3.63) is 64.7 Å². The number of guanidine groups is 1. The Hall–Kier alpha value is -2.00. The van der Waals surface area contributed by atoms with Crippen molar-refractivity contribution in [1.82, 2.24) is 0 Å². The summed E-state index contributed by atoms with van der Waals surface area (Å²) >= 11 is 6.02. The minimum absolute atomic E-state index is 0.251. The maximum atomic E-state index is 6.02. The van der Waals surface area contributed by atoms with Gasteiger partial charge in [0.15, 0.2) is 5.96 Å². The lowest BCUT2D eigenvalue weighted by Crippen LogP contribution is -2.23. The number of benzene rings is 2. The highest BCUT2D eigenvalue weighted by Crippen LogP contribution is 2.43. The number of hydrogen-bond donors (Lipinski definition) is 2. The predicted molar refractivity (Wildman–Crippen MR) is 89.0 cm³/mol. The van der Waals surface area contributed by atoms with Crippen molar-refractivity contribution in [1.29, 1.82) is 0 Å². The minimum Gasteiger partial charge on any atom is -0.370 e. The molecule has 0 spiro atoms. The van der Waals surface area contributed by atoms with Crippen LogP contribution in [-0.2, 0) is 0 Å². The Morgan fingerprint density at radius 3 is 2.71 bits per heavy atom. The lowest BCUT2D eigenvalue weighted by Gasteiger charge is -2.06. The molecular formula is C17H18ClN3. The SMILES string of the molecule is Cc1ccc(NC(N)=NC2CC2c2cccc(Cl)c2)cc1. The van der Waals surface area contributed by atoms with Crippen LogP contribution in [0.1, 0.15) is 23.5 Å². The summed E-state index contributed by atoms with van der Waals surface area (Å²) < 4.78 is 0. The van der Waals surface area contributed by atoms with Crippen molar-refractivity contribution < 1.29 is 0 Å². The van der Waals surface area contributed by atoms with E-state index in [0.29, 0.717) is 11.9 Å². The Morgan fingerprint density at radius 2 is 2.00 bits per heavy atom. The lowest BCUT2D eigenvalue weighted by molar-refractivity contribution is 0.985. The van der Waals surface area contributed by atoms with Crippen LogP contribution in [-0.4, -0.2) is 12.0 Å². The van der Waals surface area contributed by atoms with Crippen molar-refractivity contribution in [2.75, 3.05) is 5.32 Å². The zero-order valence-corrected chi connectivity index (χ0v) is 12.6. The van der Waals surface area contributed by atoms with Gasteiger partial charge in [-0.15, -0.1) is 0 Å². The second-order valence-electron chi connectivity index (χ2n) is 5.47. The first-order chi connectivity index (χ1) is 10.1. The van der Waals surface area contributed by atoms with Crippen molar-refractivity contribution >= 4 is 23.2 Å². The molecule has 1 aliphatic rings. The Bertz CT molecular complexity index is 664. The molecule has 0 aliphatic heterocycles. The summed E-state index contributed by atoms with van der Waals surface area (Å²) in [5.74, 6) is 0.899. The van der Waals surface area contributed by atoms with Gasteiger partial charge in [-0.05, 0) is 43.2 Å². The second-order valence-corrected chi connectivity index (χ2v) is 5.91. The van der Waals surface area contributed by atoms with E-state index in [1.165, 1.54) is 11.1 Å². The molecule has 0 heterocycles. The molecule has 3 N–H and O–H groups in total. The summed E-state index contributed by atoms with van der Waals surface area (Å²) in [7, 11) is 0. The topological polar surface area (TPSA) is 50.4 Å². The van der Waals surface area contributed by atoms with E-state index in [1.54, 1.807) is 0 Å². The second kappa shape index (κ2) is 5.78. The molecule has 0 radical (unpaired) electrons. The van der Waals surface area contributed by atoms with Crippen LogP contribution in [0.4, 0.5) is 5.69 Å². The van der Waals surface area contributed by atoms with Gasteiger partial charge < -0.3 is 11.1 Å². The third kappa shape index (κ3) is 3.56. The van der Waals surface area contributed by atoms with Gasteiger partial charge >= 0.3 is 0 Å². The molecule has 0 bridgehead atoms. The first-order valence-electron chi connectivity index (χ1n) is 7.04. The highest BCUT2D eigenvalue weighted by Gasteiger charge is 2.38. The molecule has 1 aliphatic carbocycles. The summed E-state index contributed by atoms with van der Waals surface area (Å²) in [5.41, 5.74) is 9.38. The first-order valence-corrected chi connectivity index (χ1v) is 7.42. The highest BCUT2D eigenvalue weighted by molar-refractivity contribution is 6.30. The average Bonchev–Trinajstić information content (AvgIpc) is 3.20. The van der Waals surface area contributed by atoms with E-state index in [4.69, 9.17) is 17.3 Å². The Kier molecular flexibility index (Phi) is 3.84. The van der Waals surface area contributed by atoms with E-state index < -0.39 is 0 Å². The number of rotatable bonds is 3. The van der Waals surface area contributed by atoms with E-state index in [1.807, 2.05) is 42.5 Å². The van der Waals surface area contributed by atoms with Gasteiger partial charge in [0.25, 0.3) is 0 Å². The van der Waals surface area contributed by atoms with Crippen LogP contribution in [0.3, 0.4) is 0 Å². The molecule has 3 rings (SSSR count). The summed E-state index contributed by atoms with van der Waals surface area (Å²) in [5, 5.41) is 3.90. The molecule has 4 heteroatoms. The van der Waals surface area contributed by atoms with Gasteiger partial charge in [0, 0.05) is 16.6 Å². The molecule has 3 nitrogen and oxygen atoms in total. The van der Waals surface area contributed by atoms with Crippen LogP contribution >= 0.6 is 11.6 Å². The third-order valence-electron chi connectivity index (χ3n) is 3.66. The normalized spacial score (nSPS) is 21.1. The number of nitrogens with zero attached hydrogens (tertiary/aromatic N) is 1. The van der Waals surface area contributed by atoms with Gasteiger partial charge in [-0.3, -0.25) is 0 Å². The zero-order valence-electron chi connectivity index (χ0n) is 11.9. The number of nitrogens with one attached hydrogen (secondary N) is 1. The Labute approximate surface area is 129 Å².